The van der Waals surface area contributed by atoms with Gasteiger partial charge in [-0.3, -0.25) is 9.80 Å². The maximum absolute atomic E-state index is 5.13. The van der Waals surface area contributed by atoms with Crippen molar-refractivity contribution in [1.29, 1.82) is 0 Å². The minimum absolute atomic E-state index is 0.858. The Morgan fingerprint density at radius 3 is 0.875 bits per heavy atom. The van der Waals surface area contributed by atoms with Gasteiger partial charge in [0, 0.05) is 22.7 Å². The fourth-order valence-corrected chi connectivity index (χ4v) is 3.80. The molecule has 5 rings (SSSR count). The first-order valence-electron chi connectivity index (χ1n) is 10.7. The lowest BCUT2D eigenvalue weighted by molar-refractivity contribution is 1.13. The summed E-state index contributed by atoms with van der Waals surface area (Å²) in [5.41, 5.74) is 4.26. The Balaban J connectivity index is 1.65. The van der Waals surface area contributed by atoms with E-state index in [9.17, 15) is 0 Å². The minimum atomic E-state index is 0.858. The second-order valence-corrected chi connectivity index (χ2v) is 7.37. The molecule has 5 aromatic rings. The van der Waals surface area contributed by atoms with Crippen molar-refractivity contribution in [3.8, 4) is 0 Å². The summed E-state index contributed by atoms with van der Waals surface area (Å²) in [5.74, 6) is 1.72. The molecule has 1 aromatic heterocycles. The molecular formula is C29H23N3. The molecule has 4 aromatic carbocycles. The van der Waals surface area contributed by atoms with Crippen LogP contribution in [-0.4, -0.2) is 4.98 Å². The first-order valence-corrected chi connectivity index (χ1v) is 10.7. The minimum Gasteiger partial charge on any atom is -0.295 e. The van der Waals surface area contributed by atoms with Crippen molar-refractivity contribution >= 4 is 34.4 Å². The van der Waals surface area contributed by atoms with Gasteiger partial charge in [-0.2, -0.15) is 0 Å². The molecular weight excluding hydrogens is 390 g/mol. The van der Waals surface area contributed by atoms with Crippen molar-refractivity contribution in [3.05, 3.63) is 140 Å². The lowest BCUT2D eigenvalue weighted by Crippen LogP contribution is -2.15. The van der Waals surface area contributed by atoms with Crippen molar-refractivity contribution in [2.45, 2.75) is 0 Å². The van der Waals surface area contributed by atoms with E-state index in [1.807, 2.05) is 24.3 Å². The number of rotatable bonds is 6. The fraction of sp³-hybridized carbons (Fsp3) is 0. The number of pyridine rings is 1. The van der Waals surface area contributed by atoms with E-state index in [0.717, 1.165) is 34.4 Å². The molecule has 3 heteroatoms. The van der Waals surface area contributed by atoms with Gasteiger partial charge in [-0.1, -0.05) is 78.9 Å². The van der Waals surface area contributed by atoms with Gasteiger partial charge in [0.1, 0.15) is 11.6 Å². The number of nitrogens with zero attached hydrogens (tertiary/aromatic N) is 3. The highest BCUT2D eigenvalue weighted by Crippen LogP contribution is 2.37. The van der Waals surface area contributed by atoms with Crippen LogP contribution in [0.25, 0.3) is 0 Å². The Morgan fingerprint density at radius 2 is 0.594 bits per heavy atom. The standard InChI is InChI=1S/C29H23N3/c1-5-14-24(15-6-1)31(25-16-7-2-8-17-25)28-22-13-23-29(30-28)32(26-18-9-3-10-19-26)27-20-11-4-12-21-27/h1-23H. The molecule has 0 atom stereocenters. The average molecular weight is 414 g/mol. The zero-order valence-electron chi connectivity index (χ0n) is 17.6. The molecule has 0 radical (unpaired) electrons. The van der Waals surface area contributed by atoms with Crippen molar-refractivity contribution in [2.24, 2.45) is 0 Å². The molecule has 0 aliphatic heterocycles. The molecule has 3 nitrogen and oxygen atoms in total. The summed E-state index contributed by atoms with van der Waals surface area (Å²) in [7, 11) is 0. The van der Waals surface area contributed by atoms with E-state index in [1.165, 1.54) is 0 Å². The summed E-state index contributed by atoms with van der Waals surface area (Å²) < 4.78 is 0. The number of anilines is 6. The van der Waals surface area contributed by atoms with Gasteiger partial charge >= 0.3 is 0 Å². The molecule has 0 N–H and O–H groups in total. The molecule has 0 aliphatic rings. The Hall–Kier alpha value is -4.37. The number of benzene rings is 4. The summed E-state index contributed by atoms with van der Waals surface area (Å²) >= 11 is 0. The lowest BCUT2D eigenvalue weighted by atomic mass is 10.2. The summed E-state index contributed by atoms with van der Waals surface area (Å²) in [6.07, 6.45) is 0. The Kier molecular flexibility index (Phi) is 5.62. The SMILES string of the molecule is c1ccc(N(c2ccccc2)c2cccc(N(c3ccccc3)c3ccccc3)n2)cc1. The van der Waals surface area contributed by atoms with E-state index < -0.39 is 0 Å². The molecule has 0 saturated heterocycles. The number of hydrogen-bond acceptors (Lipinski definition) is 3. The van der Waals surface area contributed by atoms with Crippen LogP contribution < -0.4 is 9.80 Å². The predicted octanol–water partition coefficient (Wildman–Crippen LogP) is 8.02. The number of aromatic nitrogens is 1. The summed E-state index contributed by atoms with van der Waals surface area (Å²) in [6.45, 7) is 0. The molecule has 0 unspecified atom stereocenters. The Labute approximate surface area is 188 Å². The van der Waals surface area contributed by atoms with E-state index in [0.29, 0.717) is 0 Å². The van der Waals surface area contributed by atoms with Gasteiger partial charge in [-0.15, -0.1) is 0 Å². The maximum Gasteiger partial charge on any atom is 0.140 e. The first kappa shape index (κ1) is 19.6. The molecule has 0 bridgehead atoms. The molecule has 0 fully saturated rings. The number of para-hydroxylation sites is 4. The van der Waals surface area contributed by atoms with Gasteiger partial charge in [0.05, 0.1) is 0 Å². The summed E-state index contributed by atoms with van der Waals surface area (Å²) in [4.78, 5) is 9.49. The number of hydrogen-bond donors (Lipinski definition) is 0. The van der Waals surface area contributed by atoms with Crippen molar-refractivity contribution in [2.75, 3.05) is 9.80 Å². The summed E-state index contributed by atoms with van der Waals surface area (Å²) in [6, 6.07) is 47.5. The van der Waals surface area contributed by atoms with Gasteiger partial charge in [0.25, 0.3) is 0 Å². The van der Waals surface area contributed by atoms with Gasteiger partial charge < -0.3 is 0 Å². The van der Waals surface area contributed by atoms with Crippen molar-refractivity contribution in [1.82, 2.24) is 4.98 Å². The molecule has 0 saturated carbocycles. The van der Waals surface area contributed by atoms with Gasteiger partial charge in [0.15, 0.2) is 0 Å². The van der Waals surface area contributed by atoms with Crippen LogP contribution in [0.3, 0.4) is 0 Å². The van der Waals surface area contributed by atoms with Crippen LogP contribution in [0.15, 0.2) is 140 Å². The highest BCUT2D eigenvalue weighted by Gasteiger charge is 2.17. The van der Waals surface area contributed by atoms with E-state index in [4.69, 9.17) is 4.98 Å². The van der Waals surface area contributed by atoms with E-state index >= 15 is 0 Å². The molecule has 154 valence electrons. The largest absolute Gasteiger partial charge is 0.295 e. The molecule has 0 amide bonds. The van der Waals surface area contributed by atoms with Crippen LogP contribution in [0.1, 0.15) is 0 Å². The first-order chi connectivity index (χ1) is 15.9. The van der Waals surface area contributed by atoms with Crippen LogP contribution in [-0.2, 0) is 0 Å². The van der Waals surface area contributed by atoms with Crippen LogP contribution in [0, 0.1) is 0 Å². The highest BCUT2D eigenvalue weighted by molar-refractivity contribution is 5.78. The Morgan fingerprint density at radius 1 is 0.312 bits per heavy atom. The van der Waals surface area contributed by atoms with E-state index in [2.05, 4.69) is 125 Å². The quantitative estimate of drug-likeness (QED) is 0.281. The molecule has 32 heavy (non-hydrogen) atoms. The second-order valence-electron chi connectivity index (χ2n) is 7.37. The smallest absolute Gasteiger partial charge is 0.140 e. The maximum atomic E-state index is 5.13. The van der Waals surface area contributed by atoms with Crippen molar-refractivity contribution in [3.63, 3.8) is 0 Å². The van der Waals surface area contributed by atoms with E-state index in [1.54, 1.807) is 0 Å². The molecule has 1 heterocycles. The summed E-state index contributed by atoms with van der Waals surface area (Å²) in [5, 5.41) is 0. The predicted molar refractivity (Wildman–Crippen MR) is 134 cm³/mol. The third-order valence-electron chi connectivity index (χ3n) is 5.24. The fourth-order valence-electron chi connectivity index (χ4n) is 3.80. The second kappa shape index (κ2) is 9.19. The molecule has 0 spiro atoms. The Bertz CT molecular complexity index is 1080. The third kappa shape index (κ3) is 4.09. The zero-order chi connectivity index (χ0) is 21.6. The van der Waals surface area contributed by atoms with Gasteiger partial charge in [-0.25, -0.2) is 4.98 Å². The topological polar surface area (TPSA) is 19.4 Å². The third-order valence-corrected chi connectivity index (χ3v) is 5.24. The van der Waals surface area contributed by atoms with E-state index in [-0.39, 0.29) is 0 Å². The molecule has 0 aliphatic carbocycles. The van der Waals surface area contributed by atoms with Crippen molar-refractivity contribution < 1.29 is 0 Å². The van der Waals surface area contributed by atoms with Gasteiger partial charge in [-0.05, 0) is 60.7 Å². The van der Waals surface area contributed by atoms with Crippen LogP contribution in [0.2, 0.25) is 0 Å². The zero-order valence-corrected chi connectivity index (χ0v) is 17.6. The van der Waals surface area contributed by atoms with Crippen LogP contribution >= 0.6 is 0 Å². The lowest BCUT2D eigenvalue weighted by Gasteiger charge is -2.28. The van der Waals surface area contributed by atoms with Crippen LogP contribution in [0.5, 0.6) is 0 Å². The monoisotopic (exact) mass is 413 g/mol. The highest BCUT2D eigenvalue weighted by atomic mass is 15.3. The normalized spacial score (nSPS) is 10.5. The average Bonchev–Trinajstić information content (AvgIpc) is 2.87. The van der Waals surface area contributed by atoms with Gasteiger partial charge in [0.2, 0.25) is 0 Å². The van der Waals surface area contributed by atoms with Crippen LogP contribution in [0.4, 0.5) is 34.4 Å².